The van der Waals surface area contributed by atoms with Crippen molar-refractivity contribution in [3.63, 3.8) is 0 Å². The zero-order valence-corrected chi connectivity index (χ0v) is 13.1. The smallest absolute Gasteiger partial charge is 0.0110 e. The summed E-state index contributed by atoms with van der Waals surface area (Å²) in [4.78, 5) is 7.84. The van der Waals surface area contributed by atoms with Gasteiger partial charge in [0.15, 0.2) is 0 Å². The van der Waals surface area contributed by atoms with Crippen LogP contribution in [0, 0.1) is 5.41 Å². The van der Waals surface area contributed by atoms with Gasteiger partial charge in [0.1, 0.15) is 0 Å². The lowest BCUT2D eigenvalue weighted by Gasteiger charge is -2.41. The maximum Gasteiger partial charge on any atom is 0.0110 e. The molecule has 0 aromatic rings. The summed E-state index contributed by atoms with van der Waals surface area (Å²) < 4.78 is 0. The molecule has 2 fully saturated rings. The number of piperazine rings is 2. The molecule has 19 heavy (non-hydrogen) atoms. The molecule has 2 rings (SSSR count). The normalized spacial score (nSPS) is 24.8. The summed E-state index contributed by atoms with van der Waals surface area (Å²) in [7, 11) is 0. The summed E-state index contributed by atoms with van der Waals surface area (Å²) in [5.41, 5.74) is 0.408. The van der Waals surface area contributed by atoms with Gasteiger partial charge in [-0.3, -0.25) is 0 Å². The Labute approximate surface area is 119 Å². The lowest BCUT2D eigenvalue weighted by atomic mass is 9.91. The van der Waals surface area contributed by atoms with Crippen LogP contribution in [-0.4, -0.2) is 86.7 Å². The van der Waals surface area contributed by atoms with Gasteiger partial charge in [-0.15, -0.1) is 0 Å². The first-order chi connectivity index (χ1) is 9.09. The fourth-order valence-corrected chi connectivity index (χ4v) is 3.39. The van der Waals surface area contributed by atoms with E-state index in [0.29, 0.717) is 5.41 Å². The molecule has 0 unspecified atom stereocenters. The molecule has 2 aliphatic rings. The van der Waals surface area contributed by atoms with Gasteiger partial charge in [-0.05, 0) is 12.0 Å². The van der Waals surface area contributed by atoms with Crippen molar-refractivity contribution in [1.29, 1.82) is 0 Å². The Hall–Kier alpha value is -0.160. The van der Waals surface area contributed by atoms with Gasteiger partial charge in [-0.2, -0.15) is 0 Å². The average Bonchev–Trinajstić information content (AvgIpc) is 2.39. The summed E-state index contributed by atoms with van der Waals surface area (Å²) in [6, 6.07) is 0. The largest absolute Gasteiger partial charge is 0.314 e. The third-order valence-corrected chi connectivity index (χ3v) is 4.43. The van der Waals surface area contributed by atoms with Crippen molar-refractivity contribution in [2.24, 2.45) is 5.41 Å². The fourth-order valence-electron chi connectivity index (χ4n) is 3.39. The van der Waals surface area contributed by atoms with Crippen LogP contribution in [0.5, 0.6) is 0 Å². The Morgan fingerprint density at radius 2 is 1.26 bits per heavy atom. The summed E-state index contributed by atoms with van der Waals surface area (Å²) in [5, 5.41) is 3.44. The maximum atomic E-state index is 3.44. The Balaban J connectivity index is 1.73. The highest BCUT2D eigenvalue weighted by Crippen LogP contribution is 2.20. The lowest BCUT2D eigenvalue weighted by Crippen LogP contribution is -2.52. The van der Waals surface area contributed by atoms with Crippen LogP contribution in [-0.2, 0) is 0 Å². The van der Waals surface area contributed by atoms with Gasteiger partial charge >= 0.3 is 0 Å². The van der Waals surface area contributed by atoms with Crippen LogP contribution in [0.4, 0.5) is 0 Å². The van der Waals surface area contributed by atoms with Crippen LogP contribution in [0.1, 0.15) is 20.8 Å². The highest BCUT2D eigenvalue weighted by atomic mass is 15.3. The molecule has 0 aromatic heterocycles. The lowest BCUT2D eigenvalue weighted by molar-refractivity contribution is 0.0752. The second kappa shape index (κ2) is 7.02. The Morgan fingerprint density at radius 3 is 1.79 bits per heavy atom. The first-order valence-corrected chi connectivity index (χ1v) is 7.97. The minimum absolute atomic E-state index is 0.408. The molecule has 0 aliphatic carbocycles. The van der Waals surface area contributed by atoms with Crippen LogP contribution in [0.2, 0.25) is 0 Å². The van der Waals surface area contributed by atoms with Crippen LogP contribution in [0.25, 0.3) is 0 Å². The second-order valence-electron chi connectivity index (χ2n) is 6.90. The number of nitrogens with one attached hydrogen (secondary N) is 1. The van der Waals surface area contributed by atoms with Gasteiger partial charge in [-0.1, -0.05) is 20.8 Å². The predicted molar refractivity (Wildman–Crippen MR) is 81.6 cm³/mol. The van der Waals surface area contributed by atoms with Crippen molar-refractivity contribution in [1.82, 2.24) is 20.0 Å². The third-order valence-electron chi connectivity index (χ3n) is 4.43. The van der Waals surface area contributed by atoms with Gasteiger partial charge in [0.25, 0.3) is 0 Å². The molecule has 4 heteroatoms. The molecule has 2 aliphatic heterocycles. The standard InChI is InChI=1S/C15H32N4/c1-4-17-9-11-19(12-10-17)14-15(2,3)13-18-7-5-16-6-8-18/h16H,4-14H2,1-3H3. The van der Waals surface area contributed by atoms with Crippen LogP contribution in [0.3, 0.4) is 0 Å². The summed E-state index contributed by atoms with van der Waals surface area (Å²) in [6.07, 6.45) is 0. The molecule has 0 aromatic carbocycles. The van der Waals surface area contributed by atoms with E-state index in [4.69, 9.17) is 0 Å². The van der Waals surface area contributed by atoms with Gasteiger partial charge in [0.2, 0.25) is 0 Å². The Morgan fingerprint density at radius 1 is 0.789 bits per heavy atom. The number of nitrogens with zero attached hydrogens (tertiary/aromatic N) is 3. The average molecular weight is 268 g/mol. The minimum Gasteiger partial charge on any atom is -0.314 e. The third kappa shape index (κ3) is 5.03. The topological polar surface area (TPSA) is 21.8 Å². The summed E-state index contributed by atoms with van der Waals surface area (Å²) in [5.74, 6) is 0. The van der Waals surface area contributed by atoms with E-state index in [1.54, 1.807) is 0 Å². The van der Waals surface area contributed by atoms with Crippen molar-refractivity contribution < 1.29 is 0 Å². The quantitative estimate of drug-likeness (QED) is 0.786. The van der Waals surface area contributed by atoms with Crippen LogP contribution >= 0.6 is 0 Å². The summed E-state index contributed by atoms with van der Waals surface area (Å²) in [6.45, 7) is 20.6. The molecule has 0 atom stereocenters. The van der Waals surface area contributed by atoms with Crippen molar-refractivity contribution in [3.8, 4) is 0 Å². The predicted octanol–water partition coefficient (Wildman–Crippen LogP) is 0.555. The van der Waals surface area contributed by atoms with Gasteiger partial charge in [0.05, 0.1) is 0 Å². The summed E-state index contributed by atoms with van der Waals surface area (Å²) >= 11 is 0. The van der Waals surface area contributed by atoms with Gasteiger partial charge in [0, 0.05) is 65.4 Å². The fraction of sp³-hybridized carbons (Fsp3) is 1.00. The number of rotatable bonds is 5. The Bertz CT molecular complexity index is 253. The first kappa shape index (κ1) is 15.2. The number of hydrogen-bond donors (Lipinski definition) is 1. The van der Waals surface area contributed by atoms with Crippen molar-refractivity contribution in [2.45, 2.75) is 20.8 Å². The molecule has 4 nitrogen and oxygen atoms in total. The van der Waals surface area contributed by atoms with Crippen LogP contribution < -0.4 is 5.32 Å². The zero-order chi connectivity index (χ0) is 13.7. The van der Waals surface area contributed by atoms with Crippen molar-refractivity contribution in [2.75, 3.05) is 72.0 Å². The molecular formula is C15H32N4. The monoisotopic (exact) mass is 268 g/mol. The molecule has 0 bridgehead atoms. The van der Waals surface area contributed by atoms with E-state index in [0.717, 1.165) is 13.1 Å². The van der Waals surface area contributed by atoms with Crippen LogP contribution in [0.15, 0.2) is 0 Å². The molecule has 2 heterocycles. The van der Waals surface area contributed by atoms with Gasteiger partial charge in [-0.25, -0.2) is 0 Å². The van der Waals surface area contributed by atoms with E-state index in [1.165, 1.54) is 58.9 Å². The minimum atomic E-state index is 0.408. The van der Waals surface area contributed by atoms with E-state index >= 15 is 0 Å². The number of likely N-dealkylation sites (N-methyl/N-ethyl adjacent to an activating group) is 1. The maximum absolute atomic E-state index is 3.44. The molecule has 0 radical (unpaired) electrons. The van der Waals surface area contributed by atoms with E-state index in [2.05, 4.69) is 40.8 Å². The molecular weight excluding hydrogens is 236 g/mol. The molecule has 0 saturated carbocycles. The van der Waals surface area contributed by atoms with E-state index in [9.17, 15) is 0 Å². The highest BCUT2D eigenvalue weighted by molar-refractivity contribution is 4.82. The molecule has 2 saturated heterocycles. The SMILES string of the molecule is CCN1CCN(CC(C)(C)CN2CCNCC2)CC1. The molecule has 0 amide bonds. The van der Waals surface area contributed by atoms with Crippen molar-refractivity contribution in [3.05, 3.63) is 0 Å². The highest BCUT2D eigenvalue weighted by Gasteiger charge is 2.27. The number of hydrogen-bond acceptors (Lipinski definition) is 4. The zero-order valence-electron chi connectivity index (χ0n) is 13.1. The molecule has 112 valence electrons. The Kier molecular flexibility index (Phi) is 5.63. The van der Waals surface area contributed by atoms with E-state index < -0.39 is 0 Å². The van der Waals surface area contributed by atoms with E-state index in [-0.39, 0.29) is 0 Å². The van der Waals surface area contributed by atoms with E-state index in [1.807, 2.05) is 0 Å². The second-order valence-corrected chi connectivity index (χ2v) is 6.90. The molecule has 1 N–H and O–H groups in total. The van der Waals surface area contributed by atoms with Crippen molar-refractivity contribution >= 4 is 0 Å². The molecule has 0 spiro atoms. The van der Waals surface area contributed by atoms with Gasteiger partial charge < -0.3 is 20.0 Å². The first-order valence-electron chi connectivity index (χ1n) is 7.97.